The zero-order valence-corrected chi connectivity index (χ0v) is 49.4. The Morgan fingerprint density at radius 2 is 0.644 bits per heavy atom. The van der Waals surface area contributed by atoms with Crippen molar-refractivity contribution in [3.05, 3.63) is 24.3 Å². The SMILES string of the molecule is CCCCCCCCCCCCCCC/C=C/C(O)C(CO)NC(=O)CCCCCCCCC/C=C\CCCCCCCCCCCCCCOC(=O)CCCCCCCCCCCCCCCCCCCC. The van der Waals surface area contributed by atoms with Crippen molar-refractivity contribution in [3.63, 3.8) is 0 Å². The van der Waals surface area contributed by atoms with E-state index >= 15 is 0 Å². The third kappa shape index (κ3) is 59.4. The average Bonchev–Trinajstić information content (AvgIpc) is 3.39. The number of hydrogen-bond donors (Lipinski definition) is 3. The zero-order valence-electron chi connectivity index (χ0n) is 49.4. The molecule has 2 unspecified atom stereocenters. The van der Waals surface area contributed by atoms with Gasteiger partial charge in [0.25, 0.3) is 0 Å². The molecule has 0 fully saturated rings. The van der Waals surface area contributed by atoms with Crippen molar-refractivity contribution >= 4 is 11.9 Å². The Kier molecular flexibility index (Phi) is 61.4. The van der Waals surface area contributed by atoms with Crippen LogP contribution in [-0.2, 0) is 14.3 Å². The number of amides is 1. The molecule has 6 nitrogen and oxygen atoms in total. The number of carbonyl (C=O) groups is 2. The number of aliphatic hydroxyl groups is 2. The highest BCUT2D eigenvalue weighted by atomic mass is 16.5. The van der Waals surface area contributed by atoms with Crippen LogP contribution in [0.2, 0.25) is 0 Å². The van der Waals surface area contributed by atoms with Gasteiger partial charge in [-0.3, -0.25) is 9.59 Å². The summed E-state index contributed by atoms with van der Waals surface area (Å²) < 4.78 is 5.50. The monoisotopic (exact) mass is 1030 g/mol. The fraction of sp³-hybridized carbons (Fsp3) is 0.910. The van der Waals surface area contributed by atoms with Gasteiger partial charge in [0.1, 0.15) is 0 Å². The fourth-order valence-corrected chi connectivity index (χ4v) is 10.4. The van der Waals surface area contributed by atoms with Gasteiger partial charge < -0.3 is 20.3 Å². The molecule has 432 valence electrons. The van der Waals surface area contributed by atoms with Crippen LogP contribution in [0, 0.1) is 0 Å². The number of unbranched alkanes of at least 4 members (excludes halogenated alkanes) is 49. The second kappa shape index (κ2) is 62.9. The summed E-state index contributed by atoms with van der Waals surface area (Å²) >= 11 is 0. The summed E-state index contributed by atoms with van der Waals surface area (Å²) in [5.41, 5.74) is 0. The smallest absolute Gasteiger partial charge is 0.305 e. The standard InChI is InChI=1S/C67H129NO5/c1-3-5-7-9-11-13-15-17-19-20-29-33-37-41-45-49-53-57-61-67(72)73-62-58-54-50-46-42-38-34-30-27-25-23-21-22-24-26-28-32-36-40-44-48-52-56-60-66(71)68-64(63-69)65(70)59-55-51-47-43-39-35-31-18-16-14-12-10-8-6-4-2/h24,26,55,59,64-65,69-70H,3-23,25,27-54,56-58,60-63H2,1-2H3,(H,68,71)/b26-24-,59-55+. The lowest BCUT2D eigenvalue weighted by molar-refractivity contribution is -0.143. The number of allylic oxidation sites excluding steroid dienone is 3. The largest absolute Gasteiger partial charge is 0.466 e. The predicted molar refractivity (Wildman–Crippen MR) is 320 cm³/mol. The third-order valence-corrected chi connectivity index (χ3v) is 15.5. The normalized spacial score (nSPS) is 12.7. The minimum Gasteiger partial charge on any atom is -0.466 e. The first-order valence-electron chi connectivity index (χ1n) is 33.1. The van der Waals surface area contributed by atoms with Crippen LogP contribution in [0.1, 0.15) is 367 Å². The Balaban J connectivity index is 3.40. The molecule has 0 bridgehead atoms. The van der Waals surface area contributed by atoms with E-state index in [0.717, 1.165) is 44.9 Å². The van der Waals surface area contributed by atoms with E-state index in [1.165, 1.54) is 295 Å². The molecule has 3 N–H and O–H groups in total. The molecule has 0 saturated carbocycles. The molecule has 0 rings (SSSR count). The molecule has 0 aromatic heterocycles. The number of ether oxygens (including phenoxy) is 1. The van der Waals surface area contributed by atoms with Crippen LogP contribution in [0.3, 0.4) is 0 Å². The van der Waals surface area contributed by atoms with Gasteiger partial charge in [-0.05, 0) is 57.8 Å². The van der Waals surface area contributed by atoms with Crippen LogP contribution in [0.25, 0.3) is 0 Å². The summed E-state index contributed by atoms with van der Waals surface area (Å²) in [7, 11) is 0. The van der Waals surface area contributed by atoms with Gasteiger partial charge in [-0.25, -0.2) is 0 Å². The van der Waals surface area contributed by atoms with Crippen molar-refractivity contribution < 1.29 is 24.5 Å². The third-order valence-electron chi connectivity index (χ3n) is 15.5. The van der Waals surface area contributed by atoms with Gasteiger partial charge in [-0.15, -0.1) is 0 Å². The van der Waals surface area contributed by atoms with Crippen LogP contribution in [0.15, 0.2) is 24.3 Å². The summed E-state index contributed by atoms with van der Waals surface area (Å²) in [6.45, 7) is 4.93. The molecule has 73 heavy (non-hydrogen) atoms. The summed E-state index contributed by atoms with van der Waals surface area (Å²) in [5.74, 6) is -0.0565. The molecule has 0 aliphatic carbocycles. The van der Waals surface area contributed by atoms with Crippen molar-refractivity contribution in [2.24, 2.45) is 0 Å². The number of carbonyl (C=O) groups excluding carboxylic acids is 2. The van der Waals surface area contributed by atoms with E-state index in [1.54, 1.807) is 6.08 Å². The molecule has 1 amide bonds. The minimum absolute atomic E-state index is 0.0159. The van der Waals surface area contributed by atoms with Crippen molar-refractivity contribution in [3.8, 4) is 0 Å². The van der Waals surface area contributed by atoms with Crippen LogP contribution in [0.4, 0.5) is 0 Å². The van der Waals surface area contributed by atoms with Crippen LogP contribution < -0.4 is 5.32 Å². The lowest BCUT2D eigenvalue weighted by Gasteiger charge is -2.20. The molecule has 0 saturated heterocycles. The van der Waals surface area contributed by atoms with E-state index < -0.39 is 12.1 Å². The topological polar surface area (TPSA) is 95.9 Å². The summed E-state index contributed by atoms with van der Waals surface area (Å²) in [4.78, 5) is 24.6. The summed E-state index contributed by atoms with van der Waals surface area (Å²) in [5, 5.41) is 23.1. The van der Waals surface area contributed by atoms with E-state index in [-0.39, 0.29) is 18.5 Å². The lowest BCUT2D eigenvalue weighted by atomic mass is 10.0. The second-order valence-electron chi connectivity index (χ2n) is 22.8. The molecular formula is C67H129NO5. The molecule has 2 atom stereocenters. The first-order valence-corrected chi connectivity index (χ1v) is 33.1. The second-order valence-corrected chi connectivity index (χ2v) is 22.8. The number of hydrogen-bond acceptors (Lipinski definition) is 5. The molecule has 0 aromatic carbocycles. The van der Waals surface area contributed by atoms with E-state index in [0.29, 0.717) is 19.4 Å². The molecule has 0 aliphatic heterocycles. The Hall–Kier alpha value is -1.66. The Labute approximate surface area is 456 Å². The maximum absolute atomic E-state index is 12.5. The number of rotatable bonds is 62. The Morgan fingerprint density at radius 1 is 0.370 bits per heavy atom. The molecule has 0 radical (unpaired) electrons. The van der Waals surface area contributed by atoms with Gasteiger partial charge in [-0.1, -0.05) is 321 Å². The van der Waals surface area contributed by atoms with E-state index in [2.05, 4.69) is 31.3 Å². The fourth-order valence-electron chi connectivity index (χ4n) is 10.4. The van der Waals surface area contributed by atoms with Crippen molar-refractivity contribution in [1.29, 1.82) is 0 Å². The van der Waals surface area contributed by atoms with Crippen molar-refractivity contribution in [2.75, 3.05) is 13.2 Å². The van der Waals surface area contributed by atoms with Gasteiger partial charge in [0.05, 0.1) is 25.4 Å². The number of esters is 1. The maximum Gasteiger partial charge on any atom is 0.305 e. The lowest BCUT2D eigenvalue weighted by Crippen LogP contribution is -2.45. The van der Waals surface area contributed by atoms with Gasteiger partial charge >= 0.3 is 5.97 Å². The van der Waals surface area contributed by atoms with Gasteiger partial charge in [-0.2, -0.15) is 0 Å². The van der Waals surface area contributed by atoms with Crippen LogP contribution in [-0.4, -0.2) is 47.4 Å². The molecule has 0 spiro atoms. The first kappa shape index (κ1) is 71.3. The van der Waals surface area contributed by atoms with Gasteiger partial charge in [0, 0.05) is 12.8 Å². The van der Waals surface area contributed by atoms with Gasteiger partial charge in [0.15, 0.2) is 0 Å². The molecule has 0 aliphatic rings. The Bertz CT molecular complexity index is 1140. The summed E-state index contributed by atoms with van der Waals surface area (Å²) in [6, 6.07) is -0.632. The summed E-state index contributed by atoms with van der Waals surface area (Å²) in [6.07, 6.45) is 78.1. The van der Waals surface area contributed by atoms with Crippen LogP contribution in [0.5, 0.6) is 0 Å². The zero-order chi connectivity index (χ0) is 52.9. The maximum atomic E-state index is 12.5. The van der Waals surface area contributed by atoms with Gasteiger partial charge in [0.2, 0.25) is 5.91 Å². The Morgan fingerprint density at radius 3 is 0.973 bits per heavy atom. The number of nitrogens with one attached hydrogen (secondary N) is 1. The molecule has 0 aromatic rings. The van der Waals surface area contributed by atoms with Crippen LogP contribution >= 0.6 is 0 Å². The quantitative estimate of drug-likeness (QED) is 0.0320. The molecule has 0 heterocycles. The van der Waals surface area contributed by atoms with E-state index in [1.807, 2.05) is 6.08 Å². The van der Waals surface area contributed by atoms with E-state index in [4.69, 9.17) is 4.74 Å². The first-order chi connectivity index (χ1) is 36.0. The highest BCUT2D eigenvalue weighted by Crippen LogP contribution is 2.18. The minimum atomic E-state index is -0.848. The highest BCUT2D eigenvalue weighted by molar-refractivity contribution is 5.76. The molecular weight excluding hydrogens is 899 g/mol. The van der Waals surface area contributed by atoms with Crippen molar-refractivity contribution in [1.82, 2.24) is 5.32 Å². The predicted octanol–water partition coefficient (Wildman–Crippen LogP) is 21.0. The molecule has 6 heteroatoms. The number of aliphatic hydroxyl groups excluding tert-OH is 2. The average molecular weight is 1030 g/mol. The highest BCUT2D eigenvalue weighted by Gasteiger charge is 2.18. The van der Waals surface area contributed by atoms with Crippen molar-refractivity contribution in [2.45, 2.75) is 379 Å². The van der Waals surface area contributed by atoms with E-state index in [9.17, 15) is 19.8 Å².